The van der Waals surface area contributed by atoms with Crippen molar-refractivity contribution >= 4 is 27.5 Å². The van der Waals surface area contributed by atoms with Crippen LogP contribution in [0.5, 0.6) is 5.75 Å². The molecule has 0 aliphatic rings. The van der Waals surface area contributed by atoms with Gasteiger partial charge in [0, 0.05) is 11.1 Å². The van der Waals surface area contributed by atoms with Crippen molar-refractivity contribution in [1.82, 2.24) is 0 Å². The third kappa shape index (κ3) is 3.59. The Bertz CT molecular complexity index is 694. The van der Waals surface area contributed by atoms with Gasteiger partial charge in [0.1, 0.15) is 5.75 Å². The summed E-state index contributed by atoms with van der Waals surface area (Å²) in [5, 5.41) is -0.627. The number of hydrogen-bond donors (Lipinski definition) is 0. The fourth-order valence-corrected chi connectivity index (χ4v) is 2.17. The molecule has 0 heterocycles. The van der Waals surface area contributed by atoms with Crippen molar-refractivity contribution in [2.24, 2.45) is 0 Å². The van der Waals surface area contributed by atoms with Crippen LogP contribution >= 0.6 is 11.6 Å². The van der Waals surface area contributed by atoms with E-state index in [-0.39, 0.29) is 11.5 Å². The number of halogens is 1. The molecule has 0 atom stereocenters. The molecule has 0 amide bonds. The molecule has 104 valence electrons. The van der Waals surface area contributed by atoms with E-state index in [1.165, 1.54) is 24.3 Å². The van der Waals surface area contributed by atoms with Crippen LogP contribution in [0.4, 0.5) is 0 Å². The largest absolute Gasteiger partial charge is 0.382 e. The number of rotatable bonds is 5. The number of carbonyl (C=O) groups excluding carboxylic acids is 1. The molecule has 0 radical (unpaired) electrons. The molecule has 0 aliphatic carbocycles. The lowest BCUT2D eigenvalue weighted by Gasteiger charge is -2.05. The van der Waals surface area contributed by atoms with Crippen molar-refractivity contribution in [3.05, 3.63) is 65.7 Å². The van der Waals surface area contributed by atoms with Gasteiger partial charge in [-0.05, 0) is 24.3 Å². The van der Waals surface area contributed by atoms with E-state index in [4.69, 9.17) is 15.8 Å². The molecular weight excluding hydrogens is 300 g/mol. The van der Waals surface area contributed by atoms with Gasteiger partial charge in [-0.1, -0.05) is 30.3 Å². The lowest BCUT2D eigenvalue weighted by molar-refractivity contribution is 0.103. The van der Waals surface area contributed by atoms with Crippen LogP contribution in [-0.2, 0) is 10.1 Å². The highest BCUT2D eigenvalue weighted by molar-refractivity contribution is 7.88. The van der Waals surface area contributed by atoms with Gasteiger partial charge >= 0.3 is 10.1 Å². The van der Waals surface area contributed by atoms with Crippen molar-refractivity contribution in [3.8, 4) is 5.75 Å². The molecular formula is C14H11ClO4S. The summed E-state index contributed by atoms with van der Waals surface area (Å²) in [6.45, 7) is 0. The van der Waals surface area contributed by atoms with Gasteiger partial charge in [0.05, 0.1) is 0 Å². The van der Waals surface area contributed by atoms with Crippen molar-refractivity contribution < 1.29 is 17.4 Å². The first kappa shape index (κ1) is 14.6. The molecule has 0 bridgehead atoms. The highest BCUT2D eigenvalue weighted by Crippen LogP contribution is 2.17. The molecule has 0 N–H and O–H groups in total. The van der Waals surface area contributed by atoms with Crippen LogP contribution < -0.4 is 4.18 Å². The molecule has 0 spiro atoms. The second-order valence-electron chi connectivity index (χ2n) is 3.97. The summed E-state index contributed by atoms with van der Waals surface area (Å²) in [5.41, 5.74) is 1.02. The van der Waals surface area contributed by atoms with Gasteiger partial charge < -0.3 is 4.18 Å². The highest BCUT2D eigenvalue weighted by Gasteiger charge is 2.12. The summed E-state index contributed by atoms with van der Waals surface area (Å²) in [4.78, 5) is 12.1. The van der Waals surface area contributed by atoms with Gasteiger partial charge in [0.25, 0.3) is 0 Å². The zero-order valence-electron chi connectivity index (χ0n) is 10.3. The summed E-state index contributed by atoms with van der Waals surface area (Å²) in [5.74, 6) is -0.0207. The van der Waals surface area contributed by atoms with E-state index >= 15 is 0 Å². The normalized spacial score (nSPS) is 11.1. The molecule has 2 rings (SSSR count). The maximum absolute atomic E-state index is 12.1. The Morgan fingerprint density at radius 3 is 2.05 bits per heavy atom. The van der Waals surface area contributed by atoms with Crippen LogP contribution in [-0.4, -0.2) is 19.4 Å². The Morgan fingerprint density at radius 1 is 0.950 bits per heavy atom. The SMILES string of the molecule is O=C(c1ccccc1)c1ccc(OS(=O)(=O)CCl)cc1. The van der Waals surface area contributed by atoms with Gasteiger partial charge in [-0.15, -0.1) is 11.6 Å². The summed E-state index contributed by atoms with van der Waals surface area (Å²) in [6.07, 6.45) is 0. The molecule has 0 saturated heterocycles. The van der Waals surface area contributed by atoms with Crippen molar-refractivity contribution in [3.63, 3.8) is 0 Å². The third-order valence-electron chi connectivity index (χ3n) is 2.51. The zero-order chi connectivity index (χ0) is 14.6. The van der Waals surface area contributed by atoms with Crippen LogP contribution in [0.25, 0.3) is 0 Å². The van der Waals surface area contributed by atoms with E-state index < -0.39 is 15.3 Å². The minimum absolute atomic E-state index is 0.121. The van der Waals surface area contributed by atoms with Crippen LogP contribution in [0, 0.1) is 0 Å². The highest BCUT2D eigenvalue weighted by atomic mass is 35.5. The fraction of sp³-hybridized carbons (Fsp3) is 0.0714. The molecule has 6 heteroatoms. The standard InChI is InChI=1S/C14H11ClO4S/c15-10-20(17,18)19-13-8-6-12(7-9-13)14(16)11-4-2-1-3-5-11/h1-9H,10H2. The molecule has 2 aromatic carbocycles. The van der Waals surface area contributed by atoms with Crippen LogP contribution in [0.1, 0.15) is 15.9 Å². The monoisotopic (exact) mass is 310 g/mol. The molecule has 0 aromatic heterocycles. The molecule has 0 saturated carbocycles. The minimum atomic E-state index is -3.78. The number of ketones is 1. The van der Waals surface area contributed by atoms with E-state index in [0.29, 0.717) is 11.1 Å². The number of alkyl halides is 1. The van der Waals surface area contributed by atoms with Crippen molar-refractivity contribution in [2.75, 3.05) is 5.21 Å². The van der Waals surface area contributed by atoms with E-state index in [9.17, 15) is 13.2 Å². The average Bonchev–Trinajstić information content (AvgIpc) is 2.48. The Labute approximate surface area is 122 Å². The van der Waals surface area contributed by atoms with Gasteiger partial charge in [0.2, 0.25) is 0 Å². The van der Waals surface area contributed by atoms with Gasteiger partial charge in [-0.2, -0.15) is 8.42 Å². The van der Waals surface area contributed by atoms with Crippen LogP contribution in [0.3, 0.4) is 0 Å². The summed E-state index contributed by atoms with van der Waals surface area (Å²) in [7, 11) is -3.78. The smallest absolute Gasteiger partial charge is 0.323 e. The first-order valence-electron chi connectivity index (χ1n) is 5.70. The number of carbonyl (C=O) groups is 1. The van der Waals surface area contributed by atoms with Crippen molar-refractivity contribution in [2.45, 2.75) is 0 Å². The van der Waals surface area contributed by atoms with Crippen molar-refractivity contribution in [1.29, 1.82) is 0 Å². The molecule has 0 aliphatic heterocycles. The minimum Gasteiger partial charge on any atom is -0.382 e. The maximum Gasteiger partial charge on any atom is 0.323 e. The topological polar surface area (TPSA) is 60.4 Å². The van der Waals surface area contributed by atoms with Crippen LogP contribution in [0.2, 0.25) is 0 Å². The zero-order valence-corrected chi connectivity index (χ0v) is 11.9. The Balaban J connectivity index is 2.19. The molecule has 0 unspecified atom stereocenters. The first-order valence-corrected chi connectivity index (χ1v) is 7.81. The number of benzene rings is 2. The van der Waals surface area contributed by atoms with Gasteiger partial charge in [-0.25, -0.2) is 0 Å². The maximum atomic E-state index is 12.1. The molecule has 20 heavy (non-hydrogen) atoms. The second kappa shape index (κ2) is 6.07. The van der Waals surface area contributed by atoms with E-state index in [1.54, 1.807) is 24.3 Å². The summed E-state index contributed by atoms with van der Waals surface area (Å²) >= 11 is 5.24. The average molecular weight is 311 g/mol. The predicted molar refractivity (Wildman–Crippen MR) is 76.6 cm³/mol. The molecule has 0 fully saturated rings. The fourth-order valence-electron chi connectivity index (χ4n) is 1.59. The third-order valence-corrected chi connectivity index (χ3v) is 4.02. The predicted octanol–water partition coefficient (Wildman–Crippen LogP) is 2.82. The first-order chi connectivity index (χ1) is 9.52. The second-order valence-corrected chi connectivity index (χ2v) is 6.12. The molecule has 4 nitrogen and oxygen atoms in total. The van der Waals surface area contributed by atoms with Crippen LogP contribution in [0.15, 0.2) is 54.6 Å². The quantitative estimate of drug-likeness (QED) is 0.484. The van der Waals surface area contributed by atoms with Gasteiger partial charge in [0.15, 0.2) is 11.0 Å². The van der Waals surface area contributed by atoms with Gasteiger partial charge in [-0.3, -0.25) is 4.79 Å². The van der Waals surface area contributed by atoms with E-state index in [1.807, 2.05) is 6.07 Å². The lowest BCUT2D eigenvalue weighted by atomic mass is 10.0. The molecule has 2 aromatic rings. The summed E-state index contributed by atoms with van der Waals surface area (Å²) < 4.78 is 27.1. The number of hydrogen-bond acceptors (Lipinski definition) is 4. The van der Waals surface area contributed by atoms with E-state index in [0.717, 1.165) is 0 Å². The Hall–Kier alpha value is -1.85. The lowest BCUT2D eigenvalue weighted by Crippen LogP contribution is -2.10. The Morgan fingerprint density at radius 2 is 1.50 bits per heavy atom. The Kier molecular flexibility index (Phi) is 4.42. The summed E-state index contributed by atoms with van der Waals surface area (Å²) in [6, 6.07) is 14.7. The van der Waals surface area contributed by atoms with E-state index in [2.05, 4.69) is 0 Å².